The van der Waals surface area contributed by atoms with Crippen molar-refractivity contribution in [2.45, 2.75) is 17.6 Å². The Morgan fingerprint density at radius 1 is 1.35 bits per heavy atom. The number of rotatable bonds is 5. The number of benzene rings is 1. The second kappa shape index (κ2) is 7.96. The molecule has 1 aromatic carbocycles. The fourth-order valence-electron chi connectivity index (χ4n) is 2.88. The molecule has 1 atom stereocenters. The van der Waals surface area contributed by atoms with Crippen LogP contribution in [-0.4, -0.2) is 38.9 Å². The van der Waals surface area contributed by atoms with Gasteiger partial charge in [-0.25, -0.2) is 8.42 Å². The first-order valence-electron chi connectivity index (χ1n) is 7.99. The highest BCUT2D eigenvalue weighted by Crippen LogP contribution is 2.30. The van der Waals surface area contributed by atoms with Crippen molar-refractivity contribution in [3.05, 3.63) is 47.3 Å². The molecular formula is C17H22ClN3O3S2. The van der Waals surface area contributed by atoms with Gasteiger partial charge in [0.25, 0.3) is 15.9 Å². The maximum atomic E-state index is 12.7. The largest absolute Gasteiger partial charge is 0.338 e. The number of thiophene rings is 1. The third kappa shape index (κ3) is 4.37. The maximum Gasteiger partial charge on any atom is 0.271 e. The summed E-state index contributed by atoms with van der Waals surface area (Å²) in [6.07, 6.45) is 0.875. The van der Waals surface area contributed by atoms with Crippen LogP contribution < -0.4 is 10.5 Å². The Balaban J connectivity index is 0.00000243. The van der Waals surface area contributed by atoms with Crippen molar-refractivity contribution in [1.82, 2.24) is 4.90 Å². The lowest BCUT2D eigenvalue weighted by Crippen LogP contribution is -2.34. The lowest BCUT2D eigenvalue weighted by molar-refractivity contribution is 0.0777. The molecule has 0 radical (unpaired) electrons. The van der Waals surface area contributed by atoms with E-state index in [-0.39, 0.29) is 27.9 Å². The van der Waals surface area contributed by atoms with Crippen molar-refractivity contribution in [3.8, 4) is 0 Å². The summed E-state index contributed by atoms with van der Waals surface area (Å²) in [6, 6.07) is 9.81. The number of amides is 1. The van der Waals surface area contributed by atoms with Gasteiger partial charge in [-0.15, -0.1) is 23.7 Å². The number of sulfonamides is 1. The number of hydrogen-bond donors (Lipinski definition) is 2. The maximum absolute atomic E-state index is 12.7. The van der Waals surface area contributed by atoms with Crippen molar-refractivity contribution in [2.75, 3.05) is 24.4 Å². The van der Waals surface area contributed by atoms with E-state index in [0.29, 0.717) is 30.9 Å². The van der Waals surface area contributed by atoms with Gasteiger partial charge in [0, 0.05) is 24.3 Å². The summed E-state index contributed by atoms with van der Waals surface area (Å²) in [4.78, 5) is 14.5. The number of nitrogens with zero attached hydrogens (tertiary/aromatic N) is 1. The number of carbonyl (C=O) groups is 1. The quantitative estimate of drug-likeness (QED) is 0.785. The summed E-state index contributed by atoms with van der Waals surface area (Å²) in [5.41, 5.74) is 6.59. The van der Waals surface area contributed by atoms with Crippen molar-refractivity contribution in [3.63, 3.8) is 0 Å². The Morgan fingerprint density at radius 2 is 2.12 bits per heavy atom. The van der Waals surface area contributed by atoms with Crippen molar-refractivity contribution in [2.24, 2.45) is 11.1 Å². The number of hydrogen-bond acceptors (Lipinski definition) is 5. The molecule has 2 heterocycles. The van der Waals surface area contributed by atoms with Crippen LogP contribution in [0.2, 0.25) is 0 Å². The molecule has 1 aliphatic heterocycles. The minimum atomic E-state index is -3.63. The summed E-state index contributed by atoms with van der Waals surface area (Å²) in [5.74, 6) is -0.102. The molecule has 142 valence electrons. The topological polar surface area (TPSA) is 92.5 Å². The number of halogens is 1. The van der Waals surface area contributed by atoms with E-state index in [0.717, 1.165) is 17.8 Å². The van der Waals surface area contributed by atoms with Gasteiger partial charge in [-0.2, -0.15) is 0 Å². The lowest BCUT2D eigenvalue weighted by Gasteiger charge is -2.22. The zero-order valence-corrected chi connectivity index (χ0v) is 16.8. The Bertz CT molecular complexity index is 871. The molecule has 0 bridgehead atoms. The third-order valence-electron chi connectivity index (χ3n) is 4.46. The van der Waals surface area contributed by atoms with E-state index in [2.05, 4.69) is 11.6 Å². The van der Waals surface area contributed by atoms with Crippen molar-refractivity contribution in [1.29, 1.82) is 0 Å². The van der Waals surface area contributed by atoms with Gasteiger partial charge < -0.3 is 10.6 Å². The third-order valence-corrected chi connectivity index (χ3v) is 7.24. The summed E-state index contributed by atoms with van der Waals surface area (Å²) >= 11 is 1.14. The zero-order valence-electron chi connectivity index (χ0n) is 14.3. The lowest BCUT2D eigenvalue weighted by atomic mass is 9.90. The Hall–Kier alpha value is -1.61. The minimum absolute atomic E-state index is 0. The highest BCUT2D eigenvalue weighted by molar-refractivity contribution is 7.94. The van der Waals surface area contributed by atoms with Crippen LogP contribution in [0.4, 0.5) is 5.69 Å². The van der Waals surface area contributed by atoms with E-state index in [4.69, 9.17) is 5.73 Å². The van der Waals surface area contributed by atoms with Gasteiger partial charge in [0.1, 0.15) is 4.21 Å². The van der Waals surface area contributed by atoms with Crippen LogP contribution in [0, 0.1) is 5.41 Å². The van der Waals surface area contributed by atoms with E-state index < -0.39 is 10.0 Å². The van der Waals surface area contributed by atoms with Crippen LogP contribution in [0.1, 0.15) is 23.7 Å². The van der Waals surface area contributed by atoms with E-state index in [1.54, 1.807) is 46.7 Å². The van der Waals surface area contributed by atoms with Gasteiger partial charge in [0.2, 0.25) is 0 Å². The van der Waals surface area contributed by atoms with Gasteiger partial charge in [0.05, 0.1) is 0 Å². The molecule has 1 saturated heterocycles. The first-order valence-corrected chi connectivity index (χ1v) is 10.4. The first kappa shape index (κ1) is 20.7. The fraction of sp³-hybridized carbons (Fsp3) is 0.353. The van der Waals surface area contributed by atoms with E-state index in [1.165, 1.54) is 0 Å². The Kier molecular flexibility index (Phi) is 6.33. The minimum Gasteiger partial charge on any atom is -0.338 e. The summed E-state index contributed by atoms with van der Waals surface area (Å²) in [7, 11) is -3.63. The SMILES string of the molecule is CC1(CN)CCN(C(=O)c2cccc(NS(=O)(=O)c3cccs3)c2)C1.Cl. The Labute approximate surface area is 163 Å². The molecule has 3 rings (SSSR count). The molecule has 0 aliphatic carbocycles. The highest BCUT2D eigenvalue weighted by atomic mass is 35.5. The predicted octanol–water partition coefficient (Wildman–Crippen LogP) is 2.78. The van der Waals surface area contributed by atoms with Gasteiger partial charge in [-0.3, -0.25) is 9.52 Å². The predicted molar refractivity (Wildman–Crippen MR) is 106 cm³/mol. The fourth-order valence-corrected chi connectivity index (χ4v) is 4.93. The molecule has 9 heteroatoms. The van der Waals surface area contributed by atoms with Crippen LogP contribution in [0.25, 0.3) is 0 Å². The van der Waals surface area contributed by atoms with Crippen LogP contribution in [-0.2, 0) is 10.0 Å². The van der Waals surface area contributed by atoms with Crippen LogP contribution in [0.15, 0.2) is 46.0 Å². The molecule has 0 saturated carbocycles. The molecule has 1 aromatic heterocycles. The second-order valence-electron chi connectivity index (χ2n) is 6.61. The number of nitrogens with two attached hydrogens (primary N) is 1. The van der Waals surface area contributed by atoms with Gasteiger partial charge in [0.15, 0.2) is 0 Å². The summed E-state index contributed by atoms with van der Waals surface area (Å²) in [6.45, 7) is 3.90. The molecule has 1 amide bonds. The molecule has 2 aromatic rings. The number of anilines is 1. The summed E-state index contributed by atoms with van der Waals surface area (Å²) < 4.78 is 27.4. The van der Waals surface area contributed by atoms with Crippen molar-refractivity contribution >= 4 is 45.4 Å². The average Bonchev–Trinajstić information content (AvgIpc) is 3.25. The number of likely N-dealkylation sites (tertiary alicyclic amines) is 1. The summed E-state index contributed by atoms with van der Waals surface area (Å²) in [5, 5.41) is 1.70. The van der Waals surface area contributed by atoms with Gasteiger partial charge >= 0.3 is 0 Å². The average molecular weight is 416 g/mol. The van der Waals surface area contributed by atoms with Gasteiger partial charge in [-0.1, -0.05) is 19.1 Å². The molecular weight excluding hydrogens is 394 g/mol. The Morgan fingerprint density at radius 3 is 2.73 bits per heavy atom. The number of carbonyl (C=O) groups excluding carboxylic acids is 1. The van der Waals surface area contributed by atoms with Gasteiger partial charge in [-0.05, 0) is 48.0 Å². The highest BCUT2D eigenvalue weighted by Gasteiger charge is 2.35. The normalized spacial score (nSPS) is 19.8. The molecule has 1 unspecified atom stereocenters. The second-order valence-corrected chi connectivity index (χ2v) is 9.47. The van der Waals surface area contributed by atoms with E-state index in [1.807, 2.05) is 0 Å². The standard InChI is InChI=1S/C17H21N3O3S2.ClH/c1-17(11-18)7-8-20(12-17)16(21)13-4-2-5-14(10-13)19-25(22,23)15-6-3-9-24-15;/h2-6,9-10,19H,7-8,11-12,18H2,1H3;1H. The van der Waals surface area contributed by atoms with Crippen LogP contribution in [0.3, 0.4) is 0 Å². The van der Waals surface area contributed by atoms with E-state index >= 15 is 0 Å². The molecule has 1 fully saturated rings. The zero-order chi connectivity index (χ0) is 18.1. The first-order chi connectivity index (χ1) is 11.8. The van der Waals surface area contributed by atoms with E-state index in [9.17, 15) is 13.2 Å². The van der Waals surface area contributed by atoms with Crippen LogP contribution in [0.5, 0.6) is 0 Å². The molecule has 0 spiro atoms. The van der Waals surface area contributed by atoms with Crippen LogP contribution >= 0.6 is 23.7 Å². The number of nitrogens with one attached hydrogen (secondary N) is 1. The smallest absolute Gasteiger partial charge is 0.271 e. The monoisotopic (exact) mass is 415 g/mol. The molecule has 26 heavy (non-hydrogen) atoms. The molecule has 3 N–H and O–H groups in total. The molecule has 1 aliphatic rings. The van der Waals surface area contributed by atoms with Crippen molar-refractivity contribution < 1.29 is 13.2 Å². The molecule has 6 nitrogen and oxygen atoms in total.